The average molecular weight is 294 g/mol. The molecular formula is C13H18N4O4. The molecular weight excluding hydrogens is 276 g/mol. The Morgan fingerprint density at radius 2 is 2.00 bits per heavy atom. The number of nitrogens with one attached hydrogen (secondary N) is 1. The number of amides is 3. The number of rotatable bonds is 7. The Morgan fingerprint density at radius 1 is 1.38 bits per heavy atom. The first kappa shape index (κ1) is 16.4. The normalized spacial score (nSPS) is 11.5. The summed E-state index contributed by atoms with van der Waals surface area (Å²) in [4.78, 5) is 38.9. The molecule has 0 spiro atoms. The molecule has 3 amide bonds. The first-order chi connectivity index (χ1) is 9.90. The number of nitrogens with zero attached hydrogens (tertiary/aromatic N) is 2. The van der Waals surface area contributed by atoms with E-state index in [0.717, 1.165) is 5.56 Å². The van der Waals surface area contributed by atoms with Crippen molar-refractivity contribution in [2.75, 3.05) is 7.05 Å². The Bertz CT molecular complexity index is 506. The monoisotopic (exact) mass is 294 g/mol. The average Bonchev–Trinajstić information content (AvgIpc) is 2.43. The minimum absolute atomic E-state index is 0.0422. The van der Waals surface area contributed by atoms with Crippen molar-refractivity contribution in [1.29, 1.82) is 0 Å². The smallest absolute Gasteiger partial charge is 0.326 e. The maximum absolute atomic E-state index is 11.9. The number of nitrogens with two attached hydrogens (primary N) is 1. The minimum Gasteiger partial charge on any atom is -0.480 e. The summed E-state index contributed by atoms with van der Waals surface area (Å²) in [5, 5.41) is 11.4. The zero-order chi connectivity index (χ0) is 15.8. The second-order valence-electron chi connectivity index (χ2n) is 4.56. The number of primary amides is 1. The van der Waals surface area contributed by atoms with Gasteiger partial charge in [-0.25, -0.2) is 9.59 Å². The highest BCUT2D eigenvalue weighted by atomic mass is 16.4. The number of carbonyl (C=O) groups excluding carboxylic acids is 2. The van der Waals surface area contributed by atoms with Gasteiger partial charge in [0.25, 0.3) is 0 Å². The van der Waals surface area contributed by atoms with Crippen molar-refractivity contribution in [1.82, 2.24) is 15.2 Å². The van der Waals surface area contributed by atoms with E-state index >= 15 is 0 Å². The zero-order valence-electron chi connectivity index (χ0n) is 11.7. The lowest BCUT2D eigenvalue weighted by molar-refractivity contribution is -0.139. The summed E-state index contributed by atoms with van der Waals surface area (Å²) in [5.74, 6) is -1.82. The molecule has 1 aromatic rings. The van der Waals surface area contributed by atoms with Gasteiger partial charge in [0.1, 0.15) is 6.04 Å². The van der Waals surface area contributed by atoms with E-state index in [1.54, 1.807) is 31.6 Å². The first-order valence-corrected chi connectivity index (χ1v) is 6.31. The number of hydrogen-bond donors (Lipinski definition) is 3. The van der Waals surface area contributed by atoms with Crippen LogP contribution in [0.2, 0.25) is 0 Å². The van der Waals surface area contributed by atoms with Gasteiger partial charge in [0.05, 0.1) is 0 Å². The Balaban J connectivity index is 2.56. The van der Waals surface area contributed by atoms with Crippen LogP contribution < -0.4 is 11.1 Å². The van der Waals surface area contributed by atoms with Gasteiger partial charge in [-0.2, -0.15) is 0 Å². The van der Waals surface area contributed by atoms with Gasteiger partial charge in [0.15, 0.2) is 0 Å². The van der Waals surface area contributed by atoms with E-state index in [0.29, 0.717) is 6.54 Å². The summed E-state index contributed by atoms with van der Waals surface area (Å²) < 4.78 is 0. The molecule has 114 valence electrons. The van der Waals surface area contributed by atoms with Crippen LogP contribution in [0.15, 0.2) is 24.5 Å². The van der Waals surface area contributed by atoms with Crippen molar-refractivity contribution in [3.8, 4) is 0 Å². The Morgan fingerprint density at radius 3 is 2.52 bits per heavy atom. The molecule has 0 fully saturated rings. The number of aromatic nitrogens is 1. The van der Waals surface area contributed by atoms with Gasteiger partial charge in [0.2, 0.25) is 5.91 Å². The molecule has 1 unspecified atom stereocenters. The third kappa shape index (κ3) is 5.89. The van der Waals surface area contributed by atoms with Gasteiger partial charge in [-0.15, -0.1) is 0 Å². The summed E-state index contributed by atoms with van der Waals surface area (Å²) in [6.45, 7) is 0.316. The lowest BCUT2D eigenvalue weighted by Crippen LogP contribution is -2.46. The molecule has 0 aliphatic rings. The van der Waals surface area contributed by atoms with Crippen LogP contribution in [0.4, 0.5) is 4.79 Å². The number of urea groups is 1. The fourth-order valence-corrected chi connectivity index (χ4v) is 1.64. The largest absolute Gasteiger partial charge is 0.480 e. The van der Waals surface area contributed by atoms with E-state index < -0.39 is 23.9 Å². The van der Waals surface area contributed by atoms with Gasteiger partial charge in [-0.05, 0) is 24.1 Å². The van der Waals surface area contributed by atoms with Crippen LogP contribution in [0.1, 0.15) is 18.4 Å². The van der Waals surface area contributed by atoms with Crippen LogP contribution in [-0.2, 0) is 16.1 Å². The van der Waals surface area contributed by atoms with Crippen molar-refractivity contribution in [3.63, 3.8) is 0 Å². The van der Waals surface area contributed by atoms with Crippen LogP contribution in [0, 0.1) is 0 Å². The molecule has 8 nitrogen and oxygen atoms in total. The number of carboxylic acid groups (broad SMARTS) is 1. The maximum atomic E-state index is 11.9. The first-order valence-electron chi connectivity index (χ1n) is 6.31. The van der Waals surface area contributed by atoms with E-state index in [2.05, 4.69) is 10.3 Å². The van der Waals surface area contributed by atoms with E-state index in [4.69, 9.17) is 10.8 Å². The summed E-state index contributed by atoms with van der Waals surface area (Å²) in [7, 11) is 1.54. The molecule has 0 aliphatic heterocycles. The van der Waals surface area contributed by atoms with Crippen LogP contribution in [-0.4, -0.2) is 46.0 Å². The van der Waals surface area contributed by atoms with Gasteiger partial charge in [-0.1, -0.05) is 0 Å². The quantitative estimate of drug-likeness (QED) is 0.649. The molecule has 1 heterocycles. The molecule has 0 aromatic carbocycles. The number of aliphatic carboxylic acids is 1. The molecule has 8 heteroatoms. The van der Waals surface area contributed by atoms with Crippen LogP contribution in [0.3, 0.4) is 0 Å². The Labute approximate surface area is 121 Å². The number of hydrogen-bond acceptors (Lipinski definition) is 4. The lowest BCUT2D eigenvalue weighted by Gasteiger charge is -2.21. The predicted molar refractivity (Wildman–Crippen MR) is 74.1 cm³/mol. The van der Waals surface area contributed by atoms with Crippen molar-refractivity contribution >= 4 is 17.9 Å². The van der Waals surface area contributed by atoms with Gasteiger partial charge < -0.3 is 21.1 Å². The van der Waals surface area contributed by atoms with Gasteiger partial charge in [-0.3, -0.25) is 9.78 Å². The summed E-state index contributed by atoms with van der Waals surface area (Å²) in [6, 6.07) is 1.82. The summed E-state index contributed by atoms with van der Waals surface area (Å²) in [6.07, 6.45) is 3.06. The molecule has 0 saturated heterocycles. The summed E-state index contributed by atoms with van der Waals surface area (Å²) >= 11 is 0. The second-order valence-corrected chi connectivity index (χ2v) is 4.56. The van der Waals surface area contributed by atoms with Crippen LogP contribution >= 0.6 is 0 Å². The molecule has 1 rings (SSSR count). The van der Waals surface area contributed by atoms with Crippen molar-refractivity contribution in [2.24, 2.45) is 5.73 Å². The van der Waals surface area contributed by atoms with E-state index in [9.17, 15) is 14.4 Å². The van der Waals surface area contributed by atoms with Crippen LogP contribution in [0.25, 0.3) is 0 Å². The van der Waals surface area contributed by atoms with Crippen molar-refractivity contribution in [2.45, 2.75) is 25.4 Å². The van der Waals surface area contributed by atoms with Gasteiger partial charge in [0, 0.05) is 32.4 Å². The third-order valence-corrected chi connectivity index (χ3v) is 2.79. The van der Waals surface area contributed by atoms with E-state index in [-0.39, 0.29) is 12.8 Å². The van der Waals surface area contributed by atoms with Crippen molar-refractivity contribution < 1.29 is 19.5 Å². The maximum Gasteiger partial charge on any atom is 0.326 e. The number of carboxylic acids is 1. The van der Waals surface area contributed by atoms with Crippen LogP contribution in [0.5, 0.6) is 0 Å². The molecule has 0 radical (unpaired) electrons. The van der Waals surface area contributed by atoms with E-state index in [1.165, 1.54) is 4.90 Å². The zero-order valence-corrected chi connectivity index (χ0v) is 11.7. The Hall–Kier alpha value is -2.64. The van der Waals surface area contributed by atoms with E-state index in [1.807, 2.05) is 0 Å². The number of carbonyl (C=O) groups is 3. The number of pyridine rings is 1. The molecule has 0 bridgehead atoms. The second kappa shape index (κ2) is 7.83. The SMILES string of the molecule is CN(Cc1ccncc1)C(=O)NC(CCC(N)=O)C(=O)O. The molecule has 0 aliphatic carbocycles. The third-order valence-electron chi connectivity index (χ3n) is 2.79. The summed E-state index contributed by atoms with van der Waals surface area (Å²) in [5.41, 5.74) is 5.84. The minimum atomic E-state index is -1.21. The molecule has 1 aromatic heterocycles. The fraction of sp³-hybridized carbons (Fsp3) is 0.385. The topological polar surface area (TPSA) is 126 Å². The highest BCUT2D eigenvalue weighted by molar-refractivity contribution is 5.83. The lowest BCUT2D eigenvalue weighted by atomic mass is 10.1. The highest BCUT2D eigenvalue weighted by Gasteiger charge is 2.22. The molecule has 0 saturated carbocycles. The predicted octanol–water partition coefficient (Wildman–Crippen LogP) is -0.0583. The molecule has 1 atom stereocenters. The molecule has 4 N–H and O–H groups in total. The standard InChI is InChI=1S/C13H18N4O4/c1-17(8-9-4-6-15-7-5-9)13(21)16-10(12(19)20)2-3-11(14)18/h4-7,10H,2-3,8H2,1H3,(H2,14,18)(H,16,21)(H,19,20). The fourth-order valence-electron chi connectivity index (χ4n) is 1.64. The van der Waals surface area contributed by atoms with Gasteiger partial charge >= 0.3 is 12.0 Å². The Kier molecular flexibility index (Phi) is 6.12. The van der Waals surface area contributed by atoms with Crippen molar-refractivity contribution in [3.05, 3.63) is 30.1 Å². The molecule has 21 heavy (non-hydrogen) atoms. The highest BCUT2D eigenvalue weighted by Crippen LogP contribution is 2.03.